The molecule has 0 saturated heterocycles. The molecule has 0 spiro atoms. The van der Waals surface area contributed by atoms with Crippen molar-refractivity contribution >= 4 is 10.9 Å². The predicted octanol–water partition coefficient (Wildman–Crippen LogP) is 1.28. The second kappa shape index (κ2) is 5.01. The zero-order chi connectivity index (χ0) is 12.3. The summed E-state index contributed by atoms with van der Waals surface area (Å²) in [5.74, 6) is 0.356. The highest BCUT2D eigenvalue weighted by molar-refractivity contribution is 5.77. The number of fused-ring (bicyclic) bond motifs is 1. The van der Waals surface area contributed by atoms with Crippen LogP contribution in [0.2, 0.25) is 0 Å². The summed E-state index contributed by atoms with van der Waals surface area (Å²) in [7, 11) is 0. The predicted molar refractivity (Wildman–Crippen MR) is 60.1 cm³/mol. The lowest BCUT2D eigenvalue weighted by atomic mass is 10.2. The van der Waals surface area contributed by atoms with Gasteiger partial charge in [-0.2, -0.15) is 0 Å². The molecular weight excluding hydrogens is 228 g/mol. The van der Waals surface area contributed by atoms with E-state index in [9.17, 15) is 13.6 Å². The van der Waals surface area contributed by atoms with Crippen LogP contribution in [0.5, 0.6) is 0 Å². The number of rotatable bonds is 4. The molecular formula is C11H11F2N3O. The normalized spacial score (nSPS) is 11.2. The van der Waals surface area contributed by atoms with Crippen molar-refractivity contribution < 1.29 is 8.78 Å². The highest BCUT2D eigenvalue weighted by Crippen LogP contribution is 2.05. The first-order chi connectivity index (χ1) is 8.16. The minimum atomic E-state index is -2.41. The molecule has 6 heteroatoms. The lowest BCUT2D eigenvalue weighted by Crippen LogP contribution is -2.23. The maximum Gasteiger partial charge on any atom is 0.258 e. The van der Waals surface area contributed by atoms with E-state index in [1.54, 1.807) is 24.3 Å². The lowest BCUT2D eigenvalue weighted by molar-refractivity contribution is 0.145. The largest absolute Gasteiger partial charge is 0.309 e. The van der Waals surface area contributed by atoms with Crippen molar-refractivity contribution in [2.75, 3.05) is 6.54 Å². The van der Waals surface area contributed by atoms with Gasteiger partial charge in [-0.1, -0.05) is 12.1 Å². The minimum Gasteiger partial charge on any atom is -0.309 e. The molecule has 0 fully saturated rings. The Morgan fingerprint density at radius 3 is 2.88 bits per heavy atom. The molecule has 90 valence electrons. The van der Waals surface area contributed by atoms with E-state index in [0.29, 0.717) is 16.7 Å². The lowest BCUT2D eigenvalue weighted by Gasteiger charge is -2.04. The highest BCUT2D eigenvalue weighted by atomic mass is 19.3. The zero-order valence-corrected chi connectivity index (χ0v) is 8.91. The van der Waals surface area contributed by atoms with Gasteiger partial charge in [-0.3, -0.25) is 4.79 Å². The third-order valence-corrected chi connectivity index (χ3v) is 2.25. The van der Waals surface area contributed by atoms with E-state index in [2.05, 4.69) is 15.3 Å². The third kappa shape index (κ3) is 2.85. The molecule has 1 aromatic heterocycles. The van der Waals surface area contributed by atoms with E-state index in [4.69, 9.17) is 0 Å². The smallest absolute Gasteiger partial charge is 0.258 e. The van der Waals surface area contributed by atoms with Crippen LogP contribution >= 0.6 is 0 Å². The van der Waals surface area contributed by atoms with Gasteiger partial charge in [0.25, 0.3) is 12.0 Å². The second-order valence-corrected chi connectivity index (χ2v) is 3.55. The number of aromatic amines is 1. The first kappa shape index (κ1) is 11.7. The Hall–Kier alpha value is -1.82. The number of halogens is 2. The molecule has 0 unspecified atom stereocenters. The van der Waals surface area contributed by atoms with Gasteiger partial charge in [-0.05, 0) is 12.1 Å². The van der Waals surface area contributed by atoms with Crippen molar-refractivity contribution in [3.63, 3.8) is 0 Å². The Labute approximate surface area is 95.7 Å². The fourth-order valence-corrected chi connectivity index (χ4v) is 1.52. The summed E-state index contributed by atoms with van der Waals surface area (Å²) >= 11 is 0. The Morgan fingerprint density at radius 2 is 2.12 bits per heavy atom. The number of nitrogens with zero attached hydrogens (tertiary/aromatic N) is 1. The van der Waals surface area contributed by atoms with Crippen LogP contribution in [0.4, 0.5) is 8.78 Å². The summed E-state index contributed by atoms with van der Waals surface area (Å²) in [6, 6.07) is 6.89. The molecule has 4 nitrogen and oxygen atoms in total. The van der Waals surface area contributed by atoms with Gasteiger partial charge in [0.2, 0.25) is 0 Å². The Bertz CT molecular complexity index is 568. The molecule has 0 aliphatic carbocycles. The van der Waals surface area contributed by atoms with E-state index in [0.717, 1.165) is 0 Å². The molecule has 0 bridgehead atoms. The minimum absolute atomic E-state index is 0.115. The van der Waals surface area contributed by atoms with E-state index < -0.39 is 13.0 Å². The van der Waals surface area contributed by atoms with Gasteiger partial charge in [-0.15, -0.1) is 0 Å². The molecule has 2 N–H and O–H groups in total. The summed E-state index contributed by atoms with van der Waals surface area (Å²) in [6.45, 7) is -0.305. The molecule has 0 aliphatic rings. The van der Waals surface area contributed by atoms with Crippen LogP contribution in [-0.4, -0.2) is 22.9 Å². The molecule has 1 aromatic carbocycles. The Balaban J connectivity index is 2.22. The van der Waals surface area contributed by atoms with E-state index in [1.807, 2.05) is 0 Å². The molecule has 0 saturated carbocycles. The summed E-state index contributed by atoms with van der Waals surface area (Å²) in [6.07, 6.45) is -2.41. The van der Waals surface area contributed by atoms with E-state index >= 15 is 0 Å². The van der Waals surface area contributed by atoms with Crippen LogP contribution in [0.1, 0.15) is 5.82 Å². The van der Waals surface area contributed by atoms with Gasteiger partial charge < -0.3 is 10.3 Å². The molecule has 2 aromatic rings. The van der Waals surface area contributed by atoms with Crippen molar-refractivity contribution in [2.24, 2.45) is 0 Å². The van der Waals surface area contributed by atoms with Crippen LogP contribution in [0.3, 0.4) is 0 Å². The zero-order valence-electron chi connectivity index (χ0n) is 8.91. The molecule has 0 radical (unpaired) electrons. The summed E-state index contributed by atoms with van der Waals surface area (Å²) in [4.78, 5) is 18.3. The van der Waals surface area contributed by atoms with E-state index in [1.165, 1.54) is 0 Å². The standard InChI is InChI=1S/C11H11F2N3O/c12-9(13)5-14-6-10-15-8-4-2-1-3-7(8)11(17)16-10/h1-4,9,14H,5-6H2,(H,15,16,17). The number of hydrogen-bond donors (Lipinski definition) is 2. The highest BCUT2D eigenvalue weighted by Gasteiger charge is 2.04. The second-order valence-electron chi connectivity index (χ2n) is 3.55. The van der Waals surface area contributed by atoms with Crippen molar-refractivity contribution in [2.45, 2.75) is 13.0 Å². The fraction of sp³-hybridized carbons (Fsp3) is 0.273. The van der Waals surface area contributed by atoms with Gasteiger partial charge in [-0.25, -0.2) is 13.8 Å². The van der Waals surface area contributed by atoms with Gasteiger partial charge in [0, 0.05) is 0 Å². The van der Waals surface area contributed by atoms with Crippen molar-refractivity contribution in [3.05, 3.63) is 40.4 Å². The first-order valence-electron chi connectivity index (χ1n) is 5.13. The summed E-state index contributed by atoms with van der Waals surface area (Å²) < 4.78 is 23.8. The van der Waals surface area contributed by atoms with Crippen molar-refractivity contribution in [1.29, 1.82) is 0 Å². The van der Waals surface area contributed by atoms with Crippen LogP contribution in [0, 0.1) is 0 Å². The summed E-state index contributed by atoms with van der Waals surface area (Å²) in [5, 5.41) is 3.00. The van der Waals surface area contributed by atoms with Gasteiger partial charge >= 0.3 is 0 Å². The number of benzene rings is 1. The molecule has 17 heavy (non-hydrogen) atoms. The van der Waals surface area contributed by atoms with Crippen molar-refractivity contribution in [3.8, 4) is 0 Å². The average molecular weight is 239 g/mol. The fourth-order valence-electron chi connectivity index (χ4n) is 1.52. The Kier molecular flexibility index (Phi) is 3.43. The molecule has 1 heterocycles. The molecule has 2 rings (SSSR count). The number of aromatic nitrogens is 2. The molecule has 0 aliphatic heterocycles. The Morgan fingerprint density at radius 1 is 1.35 bits per heavy atom. The van der Waals surface area contributed by atoms with Crippen LogP contribution in [0.25, 0.3) is 10.9 Å². The topological polar surface area (TPSA) is 57.8 Å². The van der Waals surface area contributed by atoms with Crippen LogP contribution in [0.15, 0.2) is 29.1 Å². The maximum absolute atomic E-state index is 11.9. The van der Waals surface area contributed by atoms with Gasteiger partial charge in [0.1, 0.15) is 5.82 Å². The molecule has 0 atom stereocenters. The number of para-hydroxylation sites is 1. The SMILES string of the molecule is O=c1[nH]c(CNCC(F)F)nc2ccccc12. The number of nitrogens with one attached hydrogen (secondary N) is 2. The summed E-state index contributed by atoms with van der Waals surface area (Å²) in [5.41, 5.74) is 0.301. The number of alkyl halides is 2. The quantitative estimate of drug-likeness (QED) is 0.845. The van der Waals surface area contributed by atoms with Gasteiger partial charge in [0.05, 0.1) is 24.0 Å². The van der Waals surface area contributed by atoms with E-state index in [-0.39, 0.29) is 12.1 Å². The average Bonchev–Trinajstić information content (AvgIpc) is 2.28. The number of H-pyrrole nitrogens is 1. The molecule has 0 amide bonds. The first-order valence-corrected chi connectivity index (χ1v) is 5.13. The monoisotopic (exact) mass is 239 g/mol. The maximum atomic E-state index is 11.9. The number of hydrogen-bond acceptors (Lipinski definition) is 3. The van der Waals surface area contributed by atoms with Gasteiger partial charge in [0.15, 0.2) is 0 Å². The van der Waals surface area contributed by atoms with Crippen LogP contribution in [-0.2, 0) is 6.54 Å². The van der Waals surface area contributed by atoms with Crippen LogP contribution < -0.4 is 10.9 Å². The van der Waals surface area contributed by atoms with Crippen molar-refractivity contribution in [1.82, 2.24) is 15.3 Å². The third-order valence-electron chi connectivity index (χ3n) is 2.25.